The third-order valence-electron chi connectivity index (χ3n) is 2.75. The first-order valence-corrected chi connectivity index (χ1v) is 7.47. The summed E-state index contributed by atoms with van der Waals surface area (Å²) in [4.78, 5) is -0.937. The highest BCUT2D eigenvalue weighted by Gasteiger charge is 2.37. The summed E-state index contributed by atoms with van der Waals surface area (Å²) in [6.07, 6.45) is -4.80. The molecule has 13 heteroatoms. The zero-order valence-electron chi connectivity index (χ0n) is 11.4. The summed E-state index contributed by atoms with van der Waals surface area (Å²) >= 11 is 10.7. The van der Waals surface area contributed by atoms with Crippen molar-refractivity contribution in [2.24, 2.45) is 0 Å². The Morgan fingerprint density at radius 1 is 1.12 bits per heavy atom. The van der Waals surface area contributed by atoms with Crippen LogP contribution < -0.4 is 0 Å². The molecule has 1 aromatic carbocycles. The van der Waals surface area contributed by atoms with E-state index in [2.05, 4.69) is 5.10 Å². The minimum absolute atomic E-state index is 0.0903. The van der Waals surface area contributed by atoms with E-state index in [0.717, 1.165) is 0 Å². The van der Waals surface area contributed by atoms with Gasteiger partial charge in [-0.05, 0) is 23.9 Å². The largest absolute Gasteiger partial charge is 0.446 e. The second kappa shape index (κ2) is 6.51. The molecule has 0 spiro atoms. The molecule has 0 aliphatic heterocycles. The van der Waals surface area contributed by atoms with Crippen LogP contribution in [0, 0.1) is 11.3 Å². The van der Waals surface area contributed by atoms with Gasteiger partial charge in [-0.2, -0.15) is 31.6 Å². The standard InChI is InChI=1S/C12H3Cl2F6N3OS/c13-5-1-4(11(15,16)17)2-6(14)8(5)9-10(25-12(18,19)20)7(3-21)22-23(9)24/h1-2,24H. The van der Waals surface area contributed by atoms with Crippen molar-refractivity contribution >= 4 is 35.0 Å². The van der Waals surface area contributed by atoms with Crippen molar-refractivity contribution in [1.29, 1.82) is 5.26 Å². The van der Waals surface area contributed by atoms with Crippen molar-refractivity contribution in [3.8, 4) is 17.3 Å². The van der Waals surface area contributed by atoms with Gasteiger partial charge in [0.05, 0.1) is 20.5 Å². The van der Waals surface area contributed by atoms with Gasteiger partial charge in [-0.15, -0.1) is 5.10 Å². The van der Waals surface area contributed by atoms with Crippen LogP contribution in [0.1, 0.15) is 11.3 Å². The summed E-state index contributed by atoms with van der Waals surface area (Å²) in [7, 11) is 0. The number of nitriles is 1. The zero-order valence-corrected chi connectivity index (χ0v) is 13.7. The molecule has 0 aliphatic rings. The third-order valence-corrected chi connectivity index (χ3v) is 4.17. The van der Waals surface area contributed by atoms with Crippen molar-refractivity contribution in [2.75, 3.05) is 0 Å². The molecule has 0 aliphatic carbocycles. The van der Waals surface area contributed by atoms with E-state index < -0.39 is 60.9 Å². The Bertz CT molecular complexity index is 848. The van der Waals surface area contributed by atoms with E-state index in [1.807, 2.05) is 0 Å². The summed E-state index contributed by atoms with van der Waals surface area (Å²) < 4.78 is 76.3. The maximum Gasteiger partial charge on any atom is 0.446 e. The molecule has 2 rings (SSSR count). The van der Waals surface area contributed by atoms with Crippen molar-refractivity contribution in [1.82, 2.24) is 9.94 Å². The molecular weight excluding hydrogens is 419 g/mol. The quantitative estimate of drug-likeness (QED) is 0.389. The minimum atomic E-state index is -4.87. The van der Waals surface area contributed by atoms with Crippen molar-refractivity contribution in [3.05, 3.63) is 33.4 Å². The Morgan fingerprint density at radius 2 is 1.64 bits per heavy atom. The molecule has 0 amide bonds. The highest BCUT2D eigenvalue weighted by atomic mass is 35.5. The number of aromatic nitrogens is 2. The van der Waals surface area contributed by atoms with Crippen molar-refractivity contribution in [2.45, 2.75) is 16.6 Å². The van der Waals surface area contributed by atoms with E-state index >= 15 is 0 Å². The Labute approximate surface area is 149 Å². The summed E-state index contributed by atoms with van der Waals surface area (Å²) in [5.74, 6) is 0. The zero-order chi connectivity index (χ0) is 19.2. The van der Waals surface area contributed by atoms with Crippen molar-refractivity contribution < 1.29 is 31.5 Å². The molecule has 134 valence electrons. The number of benzene rings is 1. The van der Waals surface area contributed by atoms with Crippen LogP contribution in [0.3, 0.4) is 0 Å². The molecule has 25 heavy (non-hydrogen) atoms. The highest BCUT2D eigenvalue weighted by Crippen LogP contribution is 2.47. The van der Waals surface area contributed by atoms with Gasteiger partial charge in [-0.1, -0.05) is 28.0 Å². The SMILES string of the molecule is N#Cc1nn(O)c(-c2c(Cl)cc(C(F)(F)F)cc2Cl)c1SC(F)(F)F. The van der Waals surface area contributed by atoms with Gasteiger partial charge in [0.25, 0.3) is 0 Å². The lowest BCUT2D eigenvalue weighted by Crippen LogP contribution is -2.06. The predicted octanol–water partition coefficient (Wildman–Crippen LogP) is 5.60. The number of hydrogen-bond acceptors (Lipinski definition) is 4. The van der Waals surface area contributed by atoms with Crippen LogP contribution in [0.4, 0.5) is 26.3 Å². The summed E-state index contributed by atoms with van der Waals surface area (Å²) in [6.45, 7) is 0. The maximum absolute atomic E-state index is 12.7. The second-order valence-corrected chi connectivity index (χ2v) is 6.28. The van der Waals surface area contributed by atoms with E-state index in [4.69, 9.17) is 28.5 Å². The van der Waals surface area contributed by atoms with Crippen LogP contribution in [0.15, 0.2) is 17.0 Å². The van der Waals surface area contributed by atoms with Gasteiger partial charge in [0.1, 0.15) is 11.8 Å². The molecule has 0 radical (unpaired) electrons. The van der Waals surface area contributed by atoms with E-state index in [1.165, 1.54) is 6.07 Å². The van der Waals surface area contributed by atoms with Gasteiger partial charge in [0.2, 0.25) is 0 Å². The molecule has 1 aromatic heterocycles. The van der Waals surface area contributed by atoms with Crippen LogP contribution in [-0.2, 0) is 6.18 Å². The number of hydrogen-bond donors (Lipinski definition) is 1. The lowest BCUT2D eigenvalue weighted by molar-refractivity contribution is -0.137. The summed E-state index contributed by atoms with van der Waals surface area (Å²) in [5.41, 5.74) is -8.18. The Kier molecular flexibility index (Phi) is 5.09. The Morgan fingerprint density at radius 3 is 2.04 bits per heavy atom. The van der Waals surface area contributed by atoms with Crippen LogP contribution in [0.5, 0.6) is 0 Å². The van der Waals surface area contributed by atoms with E-state index in [-0.39, 0.29) is 4.85 Å². The Hall–Kier alpha value is -1.77. The number of thioether (sulfide) groups is 1. The summed E-state index contributed by atoms with van der Waals surface area (Å²) in [6, 6.07) is 2.21. The lowest BCUT2D eigenvalue weighted by Gasteiger charge is -2.13. The number of nitrogens with zero attached hydrogens (tertiary/aromatic N) is 3. The molecule has 0 saturated carbocycles. The van der Waals surface area contributed by atoms with E-state index in [0.29, 0.717) is 12.1 Å². The average Bonchev–Trinajstić information content (AvgIpc) is 2.72. The fourth-order valence-corrected chi connectivity index (χ4v) is 3.22. The smallest absolute Gasteiger partial charge is 0.411 e. The fourth-order valence-electron chi connectivity index (χ4n) is 1.86. The first kappa shape index (κ1) is 19.6. The molecule has 1 N–H and O–H groups in total. The first-order valence-electron chi connectivity index (χ1n) is 5.90. The van der Waals surface area contributed by atoms with Gasteiger partial charge < -0.3 is 5.21 Å². The number of alkyl halides is 6. The molecule has 0 unspecified atom stereocenters. The molecule has 1 heterocycles. The van der Waals surface area contributed by atoms with Gasteiger partial charge >= 0.3 is 11.7 Å². The highest BCUT2D eigenvalue weighted by molar-refractivity contribution is 8.00. The van der Waals surface area contributed by atoms with E-state index in [1.54, 1.807) is 0 Å². The van der Waals surface area contributed by atoms with Gasteiger partial charge in [-0.25, -0.2) is 0 Å². The average molecular weight is 422 g/mol. The molecule has 2 aromatic rings. The third kappa shape index (κ3) is 4.08. The number of halogens is 8. The maximum atomic E-state index is 12.7. The van der Waals surface area contributed by atoms with Gasteiger partial charge in [-0.3, -0.25) is 0 Å². The molecular formula is C12H3Cl2F6N3OS. The first-order chi connectivity index (χ1) is 11.3. The number of rotatable bonds is 2. The molecule has 0 bridgehead atoms. The second-order valence-electron chi connectivity index (χ2n) is 4.39. The lowest BCUT2D eigenvalue weighted by atomic mass is 10.1. The summed E-state index contributed by atoms with van der Waals surface area (Å²) in [5, 5.41) is 20.4. The van der Waals surface area contributed by atoms with Gasteiger partial charge in [0.15, 0.2) is 5.69 Å². The normalized spacial score (nSPS) is 12.3. The van der Waals surface area contributed by atoms with Gasteiger partial charge in [0, 0.05) is 5.56 Å². The minimum Gasteiger partial charge on any atom is -0.411 e. The van der Waals surface area contributed by atoms with Crippen LogP contribution >= 0.6 is 35.0 Å². The molecule has 0 saturated heterocycles. The van der Waals surface area contributed by atoms with Crippen LogP contribution in [0.25, 0.3) is 11.3 Å². The van der Waals surface area contributed by atoms with Crippen molar-refractivity contribution in [3.63, 3.8) is 0 Å². The molecule has 0 atom stereocenters. The van der Waals surface area contributed by atoms with Crippen LogP contribution in [-0.4, -0.2) is 20.7 Å². The Balaban J connectivity index is 2.75. The van der Waals surface area contributed by atoms with E-state index in [9.17, 15) is 31.5 Å². The molecule has 0 fully saturated rings. The fraction of sp³-hybridized carbons (Fsp3) is 0.167. The monoisotopic (exact) mass is 421 g/mol. The topological polar surface area (TPSA) is 61.8 Å². The predicted molar refractivity (Wildman–Crippen MR) is 76.5 cm³/mol. The van der Waals surface area contributed by atoms with Crippen LogP contribution in [0.2, 0.25) is 10.0 Å². The molecule has 4 nitrogen and oxygen atoms in total.